The number of carboxylic acids is 1. The van der Waals surface area contributed by atoms with E-state index in [0.29, 0.717) is 13.0 Å². The molecule has 0 amide bonds. The van der Waals surface area contributed by atoms with Gasteiger partial charge in [0.2, 0.25) is 0 Å². The van der Waals surface area contributed by atoms with Crippen LogP contribution in [0.5, 0.6) is 0 Å². The molecule has 0 spiro atoms. The van der Waals surface area contributed by atoms with Gasteiger partial charge in [0.15, 0.2) is 0 Å². The monoisotopic (exact) mass is 261 g/mol. The lowest BCUT2D eigenvalue weighted by atomic mass is 9.91. The Labute approximate surface area is 113 Å². The Hall–Kier alpha value is -1.68. The van der Waals surface area contributed by atoms with Crippen LogP contribution in [-0.2, 0) is 16.1 Å². The fraction of sp³-hybridized carbons (Fsp3) is 0.467. The molecule has 4 heteroatoms. The van der Waals surface area contributed by atoms with Crippen molar-refractivity contribution in [2.45, 2.75) is 25.8 Å². The fourth-order valence-corrected chi connectivity index (χ4v) is 2.51. The second kappa shape index (κ2) is 6.48. The van der Waals surface area contributed by atoms with Crippen molar-refractivity contribution in [1.29, 1.82) is 0 Å². The van der Waals surface area contributed by atoms with Crippen LogP contribution in [0.3, 0.4) is 0 Å². The number of likely N-dealkylation sites (tertiary alicyclic amines) is 1. The van der Waals surface area contributed by atoms with Crippen LogP contribution in [0.25, 0.3) is 0 Å². The second-order valence-electron chi connectivity index (χ2n) is 5.08. The Morgan fingerprint density at radius 3 is 2.68 bits per heavy atom. The highest BCUT2D eigenvalue weighted by Crippen LogP contribution is 2.20. The summed E-state index contributed by atoms with van der Waals surface area (Å²) in [5.41, 5.74) is 1.21. The fourth-order valence-electron chi connectivity index (χ4n) is 2.51. The van der Waals surface area contributed by atoms with Gasteiger partial charge in [-0.3, -0.25) is 14.5 Å². The Bertz CT molecular complexity index is 444. The van der Waals surface area contributed by atoms with E-state index in [4.69, 9.17) is 5.11 Å². The summed E-state index contributed by atoms with van der Waals surface area (Å²) in [5.74, 6) is -0.703. The Morgan fingerprint density at radius 2 is 2.05 bits per heavy atom. The molecule has 1 heterocycles. The highest BCUT2D eigenvalue weighted by atomic mass is 16.4. The lowest BCUT2D eigenvalue weighted by molar-refractivity contribution is -0.137. The summed E-state index contributed by atoms with van der Waals surface area (Å²) < 4.78 is 0. The highest BCUT2D eigenvalue weighted by Gasteiger charge is 2.27. The quantitative estimate of drug-likeness (QED) is 0.880. The topological polar surface area (TPSA) is 57.6 Å². The maximum atomic E-state index is 12.0. The molecule has 1 aromatic rings. The largest absolute Gasteiger partial charge is 0.481 e. The smallest absolute Gasteiger partial charge is 0.303 e. The van der Waals surface area contributed by atoms with Gasteiger partial charge in [-0.1, -0.05) is 30.3 Å². The Balaban J connectivity index is 1.83. The van der Waals surface area contributed by atoms with Crippen molar-refractivity contribution in [2.24, 2.45) is 5.92 Å². The molecular weight excluding hydrogens is 242 g/mol. The molecule has 0 aliphatic carbocycles. The van der Waals surface area contributed by atoms with Crippen molar-refractivity contribution in [2.75, 3.05) is 13.1 Å². The zero-order valence-electron chi connectivity index (χ0n) is 10.9. The van der Waals surface area contributed by atoms with Gasteiger partial charge in [0.1, 0.15) is 5.78 Å². The van der Waals surface area contributed by atoms with Crippen LogP contribution in [0.1, 0.15) is 24.8 Å². The van der Waals surface area contributed by atoms with Crippen molar-refractivity contribution >= 4 is 11.8 Å². The first kappa shape index (κ1) is 13.7. The highest BCUT2D eigenvalue weighted by molar-refractivity contribution is 5.84. The van der Waals surface area contributed by atoms with E-state index in [1.807, 2.05) is 18.2 Å². The van der Waals surface area contributed by atoms with Gasteiger partial charge in [-0.25, -0.2) is 0 Å². The van der Waals surface area contributed by atoms with Gasteiger partial charge < -0.3 is 5.11 Å². The number of carbonyl (C=O) groups excluding carboxylic acids is 1. The molecule has 1 aromatic carbocycles. The van der Waals surface area contributed by atoms with Crippen molar-refractivity contribution in [3.05, 3.63) is 35.9 Å². The minimum absolute atomic E-state index is 0.0666. The molecule has 0 bridgehead atoms. The third-order valence-corrected chi connectivity index (χ3v) is 3.58. The number of rotatable bonds is 5. The maximum absolute atomic E-state index is 12.0. The molecule has 0 aromatic heterocycles. The van der Waals surface area contributed by atoms with E-state index in [0.717, 1.165) is 19.5 Å². The molecule has 1 saturated heterocycles. The minimum Gasteiger partial charge on any atom is -0.481 e. The first-order valence-corrected chi connectivity index (χ1v) is 6.66. The van der Waals surface area contributed by atoms with E-state index >= 15 is 0 Å². The van der Waals surface area contributed by atoms with E-state index in [1.54, 1.807) is 0 Å². The summed E-state index contributed by atoms with van der Waals surface area (Å²) in [4.78, 5) is 24.6. The lowest BCUT2D eigenvalue weighted by Crippen LogP contribution is -2.40. The number of hydrogen-bond acceptors (Lipinski definition) is 3. The number of carboxylic acid groups (broad SMARTS) is 1. The predicted octanol–water partition coefficient (Wildman–Crippen LogP) is 1.94. The molecule has 0 radical (unpaired) electrons. The average Bonchev–Trinajstić information content (AvgIpc) is 2.39. The maximum Gasteiger partial charge on any atom is 0.303 e. The average molecular weight is 261 g/mol. The van der Waals surface area contributed by atoms with Crippen LogP contribution < -0.4 is 0 Å². The van der Waals surface area contributed by atoms with Gasteiger partial charge in [0, 0.05) is 18.9 Å². The number of hydrogen-bond donors (Lipinski definition) is 1. The summed E-state index contributed by atoms with van der Waals surface area (Å²) in [6.07, 6.45) is 1.35. The van der Waals surface area contributed by atoms with Gasteiger partial charge in [-0.2, -0.15) is 0 Å². The molecule has 1 aliphatic rings. The summed E-state index contributed by atoms with van der Waals surface area (Å²) in [7, 11) is 0. The third kappa shape index (κ3) is 4.17. The summed E-state index contributed by atoms with van der Waals surface area (Å²) in [6, 6.07) is 10.1. The Morgan fingerprint density at radius 1 is 1.32 bits per heavy atom. The summed E-state index contributed by atoms with van der Waals surface area (Å²) >= 11 is 0. The van der Waals surface area contributed by atoms with Gasteiger partial charge >= 0.3 is 5.97 Å². The molecule has 1 unspecified atom stereocenters. The summed E-state index contributed by atoms with van der Waals surface area (Å²) in [6.45, 7) is 2.10. The zero-order chi connectivity index (χ0) is 13.7. The zero-order valence-corrected chi connectivity index (χ0v) is 10.9. The van der Waals surface area contributed by atoms with Crippen LogP contribution >= 0.6 is 0 Å². The molecule has 19 heavy (non-hydrogen) atoms. The molecular formula is C15H19NO3. The lowest BCUT2D eigenvalue weighted by Gasteiger charge is -2.30. The number of piperidine rings is 1. The molecule has 0 saturated carbocycles. The third-order valence-electron chi connectivity index (χ3n) is 3.58. The molecule has 1 N–H and O–H groups in total. The van der Waals surface area contributed by atoms with Crippen molar-refractivity contribution in [3.63, 3.8) is 0 Å². The first-order valence-electron chi connectivity index (χ1n) is 6.66. The van der Waals surface area contributed by atoms with Crippen LogP contribution in [-0.4, -0.2) is 34.8 Å². The summed E-state index contributed by atoms with van der Waals surface area (Å²) in [5, 5.41) is 8.66. The normalized spacial score (nSPS) is 20.4. The number of nitrogens with zero attached hydrogens (tertiary/aromatic N) is 1. The predicted molar refractivity (Wildman–Crippen MR) is 71.7 cm³/mol. The van der Waals surface area contributed by atoms with Gasteiger partial charge in [0.05, 0.1) is 6.54 Å². The number of benzene rings is 1. The number of Topliss-reactive ketones (excluding diaryl/α,β-unsaturated/α-hetero) is 1. The van der Waals surface area contributed by atoms with Crippen LogP contribution in [0, 0.1) is 5.92 Å². The molecule has 2 rings (SSSR count). The molecule has 1 atom stereocenters. The SMILES string of the molecule is O=C(O)CCC1CCN(Cc2ccccc2)CC1=O. The van der Waals surface area contributed by atoms with E-state index in [2.05, 4.69) is 17.0 Å². The van der Waals surface area contributed by atoms with Gasteiger partial charge in [-0.05, 0) is 24.9 Å². The van der Waals surface area contributed by atoms with E-state index < -0.39 is 5.97 Å². The molecule has 1 fully saturated rings. The molecule has 4 nitrogen and oxygen atoms in total. The van der Waals surface area contributed by atoms with E-state index in [-0.39, 0.29) is 18.1 Å². The van der Waals surface area contributed by atoms with Gasteiger partial charge in [-0.15, -0.1) is 0 Å². The van der Waals surface area contributed by atoms with Crippen LogP contribution in [0.4, 0.5) is 0 Å². The standard InChI is InChI=1S/C15H19NO3/c17-14-11-16(10-12-4-2-1-3-5-12)9-8-13(14)6-7-15(18)19/h1-5,13H,6-11H2,(H,18,19). The second-order valence-corrected chi connectivity index (χ2v) is 5.08. The van der Waals surface area contributed by atoms with Gasteiger partial charge in [0.25, 0.3) is 0 Å². The first-order chi connectivity index (χ1) is 9.15. The Kier molecular flexibility index (Phi) is 4.68. The minimum atomic E-state index is -0.820. The van der Waals surface area contributed by atoms with E-state index in [9.17, 15) is 9.59 Å². The van der Waals surface area contributed by atoms with E-state index in [1.165, 1.54) is 5.56 Å². The van der Waals surface area contributed by atoms with Crippen molar-refractivity contribution in [1.82, 2.24) is 4.90 Å². The number of carbonyl (C=O) groups is 2. The molecule has 1 aliphatic heterocycles. The van der Waals surface area contributed by atoms with Crippen LogP contribution in [0.2, 0.25) is 0 Å². The number of aliphatic carboxylic acids is 1. The molecule has 102 valence electrons. The number of ketones is 1. The van der Waals surface area contributed by atoms with Crippen molar-refractivity contribution < 1.29 is 14.7 Å². The van der Waals surface area contributed by atoms with Crippen LogP contribution in [0.15, 0.2) is 30.3 Å². The van der Waals surface area contributed by atoms with Crippen molar-refractivity contribution in [3.8, 4) is 0 Å².